The van der Waals surface area contributed by atoms with E-state index in [0.717, 1.165) is 27.1 Å². The number of benzene rings is 1. The van der Waals surface area contributed by atoms with Gasteiger partial charge in [-0.15, -0.1) is 11.3 Å². The molecule has 27 heavy (non-hydrogen) atoms. The molecule has 1 aliphatic heterocycles. The van der Waals surface area contributed by atoms with Crippen LogP contribution in [0.3, 0.4) is 0 Å². The second-order valence-electron chi connectivity index (χ2n) is 8.11. The molecule has 0 unspecified atom stereocenters. The van der Waals surface area contributed by atoms with Crippen molar-refractivity contribution in [2.24, 2.45) is 5.92 Å². The number of hydrogen-bond donors (Lipinski definition) is 1. The van der Waals surface area contributed by atoms with Crippen LogP contribution in [0.4, 0.5) is 0 Å². The first-order valence-corrected chi connectivity index (χ1v) is 10.1. The lowest BCUT2D eigenvalue weighted by atomic mass is 10.0. The third kappa shape index (κ3) is 3.56. The molecular weight excluding hydrogens is 360 g/mol. The highest BCUT2D eigenvalue weighted by atomic mass is 32.1. The normalized spacial score (nSPS) is 18.7. The molecule has 0 aliphatic carbocycles. The maximum absolute atomic E-state index is 11.5. The van der Waals surface area contributed by atoms with Gasteiger partial charge in [-0.1, -0.05) is 0 Å². The Hall–Kier alpha value is -2.41. The summed E-state index contributed by atoms with van der Waals surface area (Å²) < 4.78 is 9.30. The Labute approximate surface area is 162 Å². The van der Waals surface area contributed by atoms with Crippen LogP contribution in [0.25, 0.3) is 21.3 Å². The molecule has 1 N–H and O–H groups in total. The van der Waals surface area contributed by atoms with Crippen molar-refractivity contribution >= 4 is 27.5 Å². The zero-order valence-electron chi connectivity index (χ0n) is 16.0. The number of thiazole rings is 1. The van der Waals surface area contributed by atoms with Gasteiger partial charge in [0.1, 0.15) is 11.9 Å². The van der Waals surface area contributed by atoms with Gasteiger partial charge >= 0.3 is 0 Å². The quantitative estimate of drug-likeness (QED) is 0.742. The largest absolute Gasteiger partial charge is 0.489 e. The van der Waals surface area contributed by atoms with E-state index in [4.69, 9.17) is 4.74 Å². The summed E-state index contributed by atoms with van der Waals surface area (Å²) in [4.78, 5) is 16.0. The zero-order valence-corrected chi connectivity index (χ0v) is 16.8. The third-order valence-corrected chi connectivity index (χ3v) is 5.84. The van der Waals surface area contributed by atoms with Crippen molar-refractivity contribution in [3.05, 3.63) is 30.0 Å². The van der Waals surface area contributed by atoms with Crippen molar-refractivity contribution in [3.63, 3.8) is 0 Å². The summed E-state index contributed by atoms with van der Waals surface area (Å²) in [6.45, 7) is 9.08. The first-order valence-electron chi connectivity index (χ1n) is 9.17. The molecule has 1 aromatic carbocycles. The smallest absolute Gasteiger partial charge is 0.220 e. The number of rotatable bonds is 4. The molecule has 2 aromatic heterocycles. The molecule has 142 valence electrons. The fourth-order valence-electron chi connectivity index (χ4n) is 3.29. The summed E-state index contributed by atoms with van der Waals surface area (Å²) in [5.41, 5.74) is 4.76. The number of fused-ring (bicyclic) bond motifs is 1. The fraction of sp³-hybridized carbons (Fsp3) is 0.450. The monoisotopic (exact) mass is 384 g/mol. The van der Waals surface area contributed by atoms with Crippen LogP contribution in [0.15, 0.2) is 30.0 Å². The van der Waals surface area contributed by atoms with Gasteiger partial charge in [0.2, 0.25) is 5.91 Å². The summed E-state index contributed by atoms with van der Waals surface area (Å²) >= 11 is 1.57. The SMILES string of the molecule is C[C@@H](Oc1cc(-c2cnn(C(C)(C)C)c2)cc2ncsc12)[C@H]1CNC(=O)C1. The number of ether oxygens (including phenoxy) is 1. The van der Waals surface area contributed by atoms with Gasteiger partial charge in [0, 0.05) is 30.6 Å². The van der Waals surface area contributed by atoms with Gasteiger partial charge in [0.15, 0.2) is 0 Å². The lowest BCUT2D eigenvalue weighted by molar-refractivity contribution is -0.119. The van der Waals surface area contributed by atoms with Gasteiger partial charge in [0.05, 0.1) is 27.5 Å². The van der Waals surface area contributed by atoms with E-state index in [1.807, 2.05) is 23.3 Å². The second kappa shape index (κ2) is 6.64. The molecule has 2 atom stereocenters. The molecule has 6 nitrogen and oxygen atoms in total. The summed E-state index contributed by atoms with van der Waals surface area (Å²) in [5.74, 6) is 1.11. The fourth-order valence-corrected chi connectivity index (χ4v) is 4.01. The van der Waals surface area contributed by atoms with Crippen molar-refractivity contribution in [1.29, 1.82) is 0 Å². The summed E-state index contributed by atoms with van der Waals surface area (Å²) in [6.07, 6.45) is 4.40. The van der Waals surface area contributed by atoms with Crippen LogP contribution in [-0.2, 0) is 10.3 Å². The molecule has 0 saturated carbocycles. The Kier molecular flexibility index (Phi) is 4.42. The summed E-state index contributed by atoms with van der Waals surface area (Å²) in [7, 11) is 0. The minimum atomic E-state index is -0.0706. The molecule has 1 saturated heterocycles. The minimum Gasteiger partial charge on any atom is -0.489 e. The number of aromatic nitrogens is 3. The van der Waals surface area contributed by atoms with Crippen LogP contribution in [0, 0.1) is 5.92 Å². The average molecular weight is 385 g/mol. The van der Waals surface area contributed by atoms with E-state index in [2.05, 4.69) is 54.5 Å². The van der Waals surface area contributed by atoms with Crippen molar-refractivity contribution < 1.29 is 9.53 Å². The van der Waals surface area contributed by atoms with Gasteiger partial charge in [-0.05, 0) is 45.4 Å². The van der Waals surface area contributed by atoms with E-state index in [1.165, 1.54) is 0 Å². The van der Waals surface area contributed by atoms with Crippen LogP contribution in [0.1, 0.15) is 34.1 Å². The highest BCUT2D eigenvalue weighted by Crippen LogP contribution is 2.36. The van der Waals surface area contributed by atoms with Crippen LogP contribution in [-0.4, -0.2) is 33.3 Å². The average Bonchev–Trinajstić information content (AvgIpc) is 3.33. The molecule has 4 rings (SSSR count). The van der Waals surface area contributed by atoms with Crippen LogP contribution in [0.2, 0.25) is 0 Å². The molecule has 0 bridgehead atoms. The van der Waals surface area contributed by atoms with E-state index in [-0.39, 0.29) is 23.5 Å². The lowest BCUT2D eigenvalue weighted by Crippen LogP contribution is -2.25. The van der Waals surface area contributed by atoms with E-state index in [0.29, 0.717) is 13.0 Å². The van der Waals surface area contributed by atoms with Gasteiger partial charge in [-0.2, -0.15) is 5.10 Å². The Morgan fingerprint density at radius 3 is 2.81 bits per heavy atom. The Bertz CT molecular complexity index is 985. The lowest BCUT2D eigenvalue weighted by Gasteiger charge is -2.20. The van der Waals surface area contributed by atoms with Gasteiger partial charge in [-0.25, -0.2) is 4.98 Å². The highest BCUT2D eigenvalue weighted by molar-refractivity contribution is 7.17. The van der Waals surface area contributed by atoms with Gasteiger partial charge in [0.25, 0.3) is 0 Å². The predicted octanol–water partition coefficient (Wildman–Crippen LogP) is 3.82. The van der Waals surface area contributed by atoms with Crippen LogP contribution in [0.5, 0.6) is 5.75 Å². The van der Waals surface area contributed by atoms with E-state index < -0.39 is 0 Å². The Morgan fingerprint density at radius 1 is 1.33 bits per heavy atom. The van der Waals surface area contributed by atoms with Crippen molar-refractivity contribution in [2.75, 3.05) is 6.54 Å². The van der Waals surface area contributed by atoms with Crippen LogP contribution >= 0.6 is 11.3 Å². The van der Waals surface area contributed by atoms with E-state index >= 15 is 0 Å². The number of nitrogens with one attached hydrogen (secondary N) is 1. The Balaban J connectivity index is 1.67. The van der Waals surface area contributed by atoms with E-state index in [9.17, 15) is 4.79 Å². The van der Waals surface area contributed by atoms with Crippen molar-refractivity contribution in [1.82, 2.24) is 20.1 Å². The molecule has 1 aliphatic rings. The summed E-state index contributed by atoms with van der Waals surface area (Å²) in [6, 6.07) is 4.14. The molecule has 7 heteroatoms. The number of carbonyl (C=O) groups excluding carboxylic acids is 1. The first-order chi connectivity index (χ1) is 12.8. The maximum atomic E-state index is 11.5. The maximum Gasteiger partial charge on any atom is 0.220 e. The highest BCUT2D eigenvalue weighted by Gasteiger charge is 2.28. The zero-order chi connectivity index (χ0) is 19.2. The standard InChI is InChI=1S/C20H24N4O2S/c1-12(14-7-18(25)21-8-14)26-17-6-13(5-16-19(17)27-11-22-16)15-9-23-24(10-15)20(2,3)4/h5-6,9-12,14H,7-8H2,1-4H3,(H,21,25)/t12-,14-/m1/s1. The van der Waals surface area contributed by atoms with E-state index in [1.54, 1.807) is 11.3 Å². The van der Waals surface area contributed by atoms with Crippen molar-refractivity contribution in [2.45, 2.75) is 45.8 Å². The van der Waals surface area contributed by atoms with Gasteiger partial charge < -0.3 is 10.1 Å². The second-order valence-corrected chi connectivity index (χ2v) is 8.97. The number of nitrogens with zero attached hydrogens (tertiary/aromatic N) is 3. The van der Waals surface area contributed by atoms with Crippen LogP contribution < -0.4 is 10.1 Å². The van der Waals surface area contributed by atoms with Gasteiger partial charge in [-0.3, -0.25) is 9.48 Å². The minimum absolute atomic E-state index is 0.0539. The molecule has 0 radical (unpaired) electrons. The number of amides is 1. The molecule has 3 heterocycles. The number of hydrogen-bond acceptors (Lipinski definition) is 5. The predicted molar refractivity (Wildman–Crippen MR) is 107 cm³/mol. The topological polar surface area (TPSA) is 69.0 Å². The first kappa shape index (κ1) is 18.0. The third-order valence-electron chi connectivity index (χ3n) is 4.99. The molecule has 3 aromatic rings. The molecular formula is C20H24N4O2S. The molecule has 0 spiro atoms. The molecule has 1 amide bonds. The number of carbonyl (C=O) groups is 1. The summed E-state index contributed by atoms with van der Waals surface area (Å²) in [5, 5.41) is 7.39. The van der Waals surface area contributed by atoms with Crippen molar-refractivity contribution in [3.8, 4) is 16.9 Å². The Morgan fingerprint density at radius 2 is 2.15 bits per heavy atom. The molecule has 1 fully saturated rings.